The fourth-order valence-electron chi connectivity index (χ4n) is 2.73. The summed E-state index contributed by atoms with van der Waals surface area (Å²) in [6.07, 6.45) is 4.19. The Morgan fingerprint density at radius 3 is 2.39 bits per heavy atom. The van der Waals surface area contributed by atoms with Crippen molar-refractivity contribution >= 4 is 41.2 Å². The molecule has 1 N–H and O–H groups in total. The highest BCUT2D eigenvalue weighted by atomic mass is 35.5. The molecule has 8 heteroatoms. The maximum absolute atomic E-state index is 12.8. The Morgan fingerprint density at radius 2 is 1.68 bits per heavy atom. The van der Waals surface area contributed by atoms with Crippen LogP contribution >= 0.6 is 11.6 Å². The van der Waals surface area contributed by atoms with Crippen LogP contribution in [0.3, 0.4) is 0 Å². The van der Waals surface area contributed by atoms with Gasteiger partial charge in [0.25, 0.3) is 11.8 Å². The van der Waals surface area contributed by atoms with Gasteiger partial charge in [-0.15, -0.1) is 0 Å². The second-order valence-corrected chi connectivity index (χ2v) is 6.31. The van der Waals surface area contributed by atoms with Gasteiger partial charge in [0, 0.05) is 23.0 Å². The lowest BCUT2D eigenvalue weighted by molar-refractivity contribution is -0.122. The van der Waals surface area contributed by atoms with Crippen molar-refractivity contribution in [2.45, 2.75) is 0 Å². The monoisotopic (exact) mass is 393 g/mol. The molecule has 7 nitrogen and oxygen atoms in total. The molecule has 1 saturated heterocycles. The topological polar surface area (TPSA) is 92.5 Å². The van der Waals surface area contributed by atoms with Crippen LogP contribution in [0.25, 0.3) is 17.4 Å². The number of furan rings is 1. The van der Waals surface area contributed by atoms with Gasteiger partial charge in [-0.3, -0.25) is 19.9 Å². The molecule has 0 bridgehead atoms. The molecule has 4 rings (SSSR count). The third-order valence-corrected chi connectivity index (χ3v) is 4.32. The van der Waals surface area contributed by atoms with Gasteiger partial charge in [0.05, 0.1) is 5.69 Å². The number of nitrogens with zero attached hydrogens (tertiary/aromatic N) is 2. The third kappa shape index (κ3) is 3.30. The van der Waals surface area contributed by atoms with E-state index in [4.69, 9.17) is 16.0 Å². The summed E-state index contributed by atoms with van der Waals surface area (Å²) >= 11 is 5.88. The quantitative estimate of drug-likeness (QED) is 0.541. The van der Waals surface area contributed by atoms with Crippen LogP contribution in [-0.4, -0.2) is 22.8 Å². The number of carbonyl (C=O) groups is 3. The maximum Gasteiger partial charge on any atom is 0.335 e. The second-order valence-electron chi connectivity index (χ2n) is 5.87. The molecule has 0 unspecified atom stereocenters. The Balaban J connectivity index is 1.67. The number of hydrogen-bond acceptors (Lipinski definition) is 5. The number of urea groups is 1. The van der Waals surface area contributed by atoms with Crippen LogP contribution < -0.4 is 10.2 Å². The van der Waals surface area contributed by atoms with E-state index in [9.17, 15) is 14.4 Å². The number of halogens is 1. The molecule has 1 aliphatic heterocycles. The molecular formula is C20H12ClN3O4. The Morgan fingerprint density at radius 1 is 0.964 bits per heavy atom. The average molecular weight is 394 g/mol. The van der Waals surface area contributed by atoms with E-state index in [0.717, 1.165) is 10.5 Å². The SMILES string of the molecule is O=C1NC(=O)N(c2ccncc2)C(=O)/C1=C/c1ccc(-c2ccc(Cl)cc2)o1. The highest BCUT2D eigenvalue weighted by molar-refractivity contribution is 6.39. The molecule has 138 valence electrons. The van der Waals surface area contributed by atoms with Crippen molar-refractivity contribution in [1.29, 1.82) is 0 Å². The summed E-state index contributed by atoms with van der Waals surface area (Å²) in [5, 5.41) is 2.76. The number of rotatable bonds is 3. The Kier molecular flexibility index (Phi) is 4.50. The fraction of sp³-hybridized carbons (Fsp3) is 0. The van der Waals surface area contributed by atoms with E-state index < -0.39 is 17.8 Å². The molecule has 0 aliphatic carbocycles. The summed E-state index contributed by atoms with van der Waals surface area (Å²) in [4.78, 5) is 41.8. The first-order valence-electron chi connectivity index (χ1n) is 8.20. The summed E-state index contributed by atoms with van der Waals surface area (Å²) in [5.41, 5.74) is 0.882. The van der Waals surface area contributed by atoms with Gasteiger partial charge in [-0.1, -0.05) is 11.6 Å². The molecule has 2 aromatic heterocycles. The van der Waals surface area contributed by atoms with Gasteiger partial charge in [-0.25, -0.2) is 9.69 Å². The molecule has 0 saturated carbocycles. The van der Waals surface area contributed by atoms with Gasteiger partial charge in [-0.05, 0) is 54.6 Å². The first kappa shape index (κ1) is 17.7. The first-order valence-corrected chi connectivity index (χ1v) is 8.58. The number of pyridine rings is 1. The van der Waals surface area contributed by atoms with Gasteiger partial charge in [-0.2, -0.15) is 0 Å². The molecule has 3 heterocycles. The Bertz CT molecular complexity index is 1100. The van der Waals surface area contributed by atoms with Crippen LogP contribution in [0.4, 0.5) is 10.5 Å². The van der Waals surface area contributed by atoms with E-state index >= 15 is 0 Å². The van der Waals surface area contributed by atoms with E-state index in [1.165, 1.54) is 30.6 Å². The van der Waals surface area contributed by atoms with Crippen molar-refractivity contribution in [3.8, 4) is 11.3 Å². The summed E-state index contributed by atoms with van der Waals surface area (Å²) in [7, 11) is 0. The number of benzene rings is 1. The van der Waals surface area contributed by atoms with Crippen molar-refractivity contribution < 1.29 is 18.8 Å². The van der Waals surface area contributed by atoms with Crippen LogP contribution in [0.5, 0.6) is 0 Å². The predicted octanol–water partition coefficient (Wildman–Crippen LogP) is 3.66. The molecule has 0 spiro atoms. The zero-order chi connectivity index (χ0) is 19.7. The van der Waals surface area contributed by atoms with Gasteiger partial charge < -0.3 is 4.42 Å². The minimum atomic E-state index is -0.820. The summed E-state index contributed by atoms with van der Waals surface area (Å²) < 4.78 is 5.71. The third-order valence-electron chi connectivity index (χ3n) is 4.06. The van der Waals surface area contributed by atoms with E-state index in [1.807, 2.05) is 0 Å². The fourth-order valence-corrected chi connectivity index (χ4v) is 2.85. The normalized spacial score (nSPS) is 15.8. The molecule has 4 amide bonds. The number of carbonyl (C=O) groups excluding carboxylic acids is 3. The van der Waals surface area contributed by atoms with Crippen molar-refractivity contribution in [3.05, 3.63) is 77.3 Å². The largest absolute Gasteiger partial charge is 0.457 e. The van der Waals surface area contributed by atoms with Crippen LogP contribution in [0.1, 0.15) is 5.76 Å². The summed E-state index contributed by atoms with van der Waals surface area (Å²) in [6, 6.07) is 12.6. The molecular weight excluding hydrogens is 382 g/mol. The highest BCUT2D eigenvalue weighted by Gasteiger charge is 2.37. The van der Waals surface area contributed by atoms with Gasteiger partial charge in [0.15, 0.2) is 0 Å². The molecule has 0 atom stereocenters. The van der Waals surface area contributed by atoms with Crippen LogP contribution in [0.15, 0.2) is 70.9 Å². The van der Waals surface area contributed by atoms with Crippen molar-refractivity contribution in [2.24, 2.45) is 0 Å². The number of anilines is 1. The predicted molar refractivity (Wildman–Crippen MR) is 102 cm³/mol. The molecule has 1 fully saturated rings. The van der Waals surface area contributed by atoms with E-state index in [0.29, 0.717) is 22.2 Å². The smallest absolute Gasteiger partial charge is 0.335 e. The summed E-state index contributed by atoms with van der Waals surface area (Å²) in [6.45, 7) is 0. The molecule has 1 aliphatic rings. The lowest BCUT2D eigenvalue weighted by atomic mass is 10.1. The molecule has 0 radical (unpaired) electrons. The highest BCUT2D eigenvalue weighted by Crippen LogP contribution is 2.26. The van der Waals surface area contributed by atoms with Crippen LogP contribution in [0, 0.1) is 0 Å². The molecule has 1 aromatic carbocycles. The first-order chi connectivity index (χ1) is 13.5. The van der Waals surface area contributed by atoms with E-state index in [2.05, 4.69) is 10.3 Å². The number of imide groups is 2. The standard InChI is InChI=1S/C20H12ClN3O4/c21-13-3-1-12(2-4-13)17-6-5-15(28-17)11-16-18(25)23-20(27)24(19(16)26)14-7-9-22-10-8-14/h1-11H,(H,23,25,27)/b16-11+. The molecule has 28 heavy (non-hydrogen) atoms. The van der Waals surface area contributed by atoms with Crippen molar-refractivity contribution in [1.82, 2.24) is 10.3 Å². The molecule has 3 aromatic rings. The van der Waals surface area contributed by atoms with Gasteiger partial charge in [0.1, 0.15) is 17.1 Å². The average Bonchev–Trinajstić information content (AvgIpc) is 3.15. The zero-order valence-corrected chi connectivity index (χ0v) is 15.0. The van der Waals surface area contributed by atoms with Crippen molar-refractivity contribution in [3.63, 3.8) is 0 Å². The zero-order valence-electron chi connectivity index (χ0n) is 14.3. The lowest BCUT2D eigenvalue weighted by Gasteiger charge is -2.25. The number of nitrogens with one attached hydrogen (secondary N) is 1. The Hall–Kier alpha value is -3.71. The number of barbiturate groups is 1. The Labute approximate surface area is 164 Å². The minimum Gasteiger partial charge on any atom is -0.457 e. The van der Waals surface area contributed by atoms with Gasteiger partial charge >= 0.3 is 6.03 Å². The van der Waals surface area contributed by atoms with Crippen molar-refractivity contribution in [2.75, 3.05) is 4.90 Å². The lowest BCUT2D eigenvalue weighted by Crippen LogP contribution is -2.54. The van der Waals surface area contributed by atoms with Crippen LogP contribution in [-0.2, 0) is 9.59 Å². The maximum atomic E-state index is 12.8. The number of hydrogen-bond donors (Lipinski definition) is 1. The number of amides is 4. The van der Waals surface area contributed by atoms with Gasteiger partial charge in [0.2, 0.25) is 0 Å². The van der Waals surface area contributed by atoms with E-state index in [1.54, 1.807) is 36.4 Å². The number of aromatic nitrogens is 1. The second kappa shape index (κ2) is 7.13. The van der Waals surface area contributed by atoms with Crippen LogP contribution in [0.2, 0.25) is 5.02 Å². The summed E-state index contributed by atoms with van der Waals surface area (Å²) in [5.74, 6) is -0.684. The minimum absolute atomic E-state index is 0.214. The van der Waals surface area contributed by atoms with E-state index in [-0.39, 0.29) is 5.57 Å².